The van der Waals surface area contributed by atoms with Crippen LogP contribution in [0, 0.1) is 6.92 Å². The lowest BCUT2D eigenvalue weighted by Crippen LogP contribution is -2.26. The van der Waals surface area contributed by atoms with Crippen LogP contribution < -0.4 is 10.6 Å². The van der Waals surface area contributed by atoms with Gasteiger partial charge in [0.15, 0.2) is 0 Å². The van der Waals surface area contributed by atoms with Gasteiger partial charge >= 0.3 is 0 Å². The Labute approximate surface area is 204 Å². The number of anilines is 2. The Morgan fingerprint density at radius 2 is 1.60 bits per heavy atom. The molecule has 4 heteroatoms. The van der Waals surface area contributed by atoms with Crippen LogP contribution in [0.15, 0.2) is 103 Å². The number of nitrogens with two attached hydrogens (primary N) is 1. The van der Waals surface area contributed by atoms with Gasteiger partial charge in [0.25, 0.3) is 5.91 Å². The first-order valence-electron chi connectivity index (χ1n) is 11.7. The number of benzene rings is 4. The molecular weight excluding hydrogens is 430 g/mol. The van der Waals surface area contributed by atoms with Crippen LogP contribution in [0.2, 0.25) is 0 Å². The zero-order valence-corrected chi connectivity index (χ0v) is 19.5. The molecule has 3 N–H and O–H groups in total. The number of aromatic amines is 1. The third kappa shape index (κ3) is 3.60. The number of amides is 1. The van der Waals surface area contributed by atoms with Crippen molar-refractivity contribution >= 4 is 39.3 Å². The molecule has 4 nitrogen and oxygen atoms in total. The van der Waals surface area contributed by atoms with Crippen LogP contribution in [-0.2, 0) is 11.3 Å². The Morgan fingerprint density at radius 3 is 2.40 bits per heavy atom. The summed E-state index contributed by atoms with van der Waals surface area (Å²) in [6.07, 6.45) is 0. The minimum atomic E-state index is -0.0219. The number of nitrogen functional groups attached to an aromatic ring is 1. The highest BCUT2D eigenvalue weighted by Gasteiger charge is 2.36. The summed E-state index contributed by atoms with van der Waals surface area (Å²) in [6.45, 7) is 2.56. The zero-order chi connectivity index (χ0) is 23.9. The van der Waals surface area contributed by atoms with Gasteiger partial charge in [-0.1, -0.05) is 78.4 Å². The molecule has 0 unspecified atom stereocenters. The van der Waals surface area contributed by atoms with Crippen molar-refractivity contribution in [3.05, 3.63) is 131 Å². The van der Waals surface area contributed by atoms with Crippen LogP contribution in [0.5, 0.6) is 0 Å². The Balaban J connectivity index is 1.64. The second-order valence-electron chi connectivity index (χ2n) is 9.01. The number of para-hydroxylation sites is 2. The summed E-state index contributed by atoms with van der Waals surface area (Å²) in [5, 5.41) is 1.09. The molecule has 0 spiro atoms. The zero-order valence-electron chi connectivity index (χ0n) is 19.5. The molecule has 6 rings (SSSR count). The SMILES string of the molecule is Cc1ccc2c(c1)/C(=C(/c1cc3ccccc3[nH]1)c1ccccc1N)C(=O)N2Cc1ccccc1. The van der Waals surface area contributed by atoms with Crippen LogP contribution in [0.1, 0.15) is 27.9 Å². The van der Waals surface area contributed by atoms with E-state index in [0.29, 0.717) is 17.8 Å². The summed E-state index contributed by atoms with van der Waals surface area (Å²) >= 11 is 0. The Morgan fingerprint density at radius 1 is 0.857 bits per heavy atom. The number of nitrogens with zero attached hydrogens (tertiary/aromatic N) is 1. The molecule has 5 aromatic rings. The fraction of sp³-hybridized carbons (Fsp3) is 0.0645. The molecule has 1 aromatic heterocycles. The molecule has 0 radical (unpaired) electrons. The van der Waals surface area contributed by atoms with Crippen molar-refractivity contribution in [2.24, 2.45) is 0 Å². The molecular formula is C31H25N3O. The number of carbonyl (C=O) groups is 1. The number of rotatable bonds is 4. The number of fused-ring (bicyclic) bond motifs is 2. The third-order valence-corrected chi connectivity index (χ3v) is 6.63. The van der Waals surface area contributed by atoms with Crippen LogP contribution in [0.3, 0.4) is 0 Å². The summed E-state index contributed by atoms with van der Waals surface area (Å²) in [7, 11) is 0. The van der Waals surface area contributed by atoms with Gasteiger partial charge in [-0.05, 0) is 42.8 Å². The van der Waals surface area contributed by atoms with Gasteiger partial charge in [0.1, 0.15) is 0 Å². The average Bonchev–Trinajstić information content (AvgIpc) is 3.41. The van der Waals surface area contributed by atoms with E-state index in [1.807, 2.05) is 65.6 Å². The number of aryl methyl sites for hydroxylation is 1. The summed E-state index contributed by atoms with van der Waals surface area (Å²) in [5.41, 5.74) is 15.4. The molecule has 1 amide bonds. The molecule has 170 valence electrons. The van der Waals surface area contributed by atoms with Crippen LogP contribution >= 0.6 is 0 Å². The first-order valence-corrected chi connectivity index (χ1v) is 11.7. The maximum Gasteiger partial charge on any atom is 0.260 e. The predicted octanol–water partition coefficient (Wildman–Crippen LogP) is 6.56. The van der Waals surface area contributed by atoms with Gasteiger partial charge in [-0.15, -0.1) is 0 Å². The number of aromatic nitrogens is 1. The smallest absolute Gasteiger partial charge is 0.260 e. The van der Waals surface area contributed by atoms with Gasteiger partial charge in [0, 0.05) is 39.0 Å². The van der Waals surface area contributed by atoms with Crippen LogP contribution in [0.25, 0.3) is 22.0 Å². The molecule has 0 saturated heterocycles. The van der Waals surface area contributed by atoms with Crippen LogP contribution in [0.4, 0.5) is 11.4 Å². The van der Waals surface area contributed by atoms with Crippen molar-refractivity contribution in [2.45, 2.75) is 13.5 Å². The van der Waals surface area contributed by atoms with Crippen molar-refractivity contribution in [3.63, 3.8) is 0 Å². The van der Waals surface area contributed by atoms with E-state index >= 15 is 0 Å². The number of hydrogen-bond acceptors (Lipinski definition) is 2. The second-order valence-corrected chi connectivity index (χ2v) is 9.01. The Bertz CT molecular complexity index is 1580. The molecule has 2 heterocycles. The van der Waals surface area contributed by atoms with E-state index in [0.717, 1.165) is 50.1 Å². The first-order chi connectivity index (χ1) is 17.1. The highest BCUT2D eigenvalue weighted by Crippen LogP contribution is 2.45. The van der Waals surface area contributed by atoms with E-state index in [1.54, 1.807) is 0 Å². The fourth-order valence-corrected chi connectivity index (χ4v) is 4.96. The summed E-state index contributed by atoms with van der Waals surface area (Å²) in [4.78, 5) is 19.6. The highest BCUT2D eigenvalue weighted by molar-refractivity contribution is 6.39. The van der Waals surface area contributed by atoms with Crippen molar-refractivity contribution in [2.75, 3.05) is 10.6 Å². The molecule has 0 fully saturated rings. The van der Waals surface area contributed by atoms with E-state index in [1.165, 1.54) is 0 Å². The summed E-state index contributed by atoms with van der Waals surface area (Å²) in [5.74, 6) is -0.0219. The standard InChI is InChI=1S/C31H25N3O/c1-20-15-16-28-24(17-20)30(31(35)34(28)19-21-9-3-2-4-10-21)29(23-12-6-7-13-25(23)32)27-18-22-11-5-8-14-26(22)33-27/h2-18,33H,19,32H2,1H3/b30-29-. The second kappa shape index (κ2) is 8.33. The maximum absolute atomic E-state index is 14.2. The number of nitrogens with one attached hydrogen (secondary N) is 1. The van der Waals surface area contributed by atoms with Crippen molar-refractivity contribution in [3.8, 4) is 0 Å². The lowest BCUT2D eigenvalue weighted by molar-refractivity contribution is -0.113. The monoisotopic (exact) mass is 455 g/mol. The third-order valence-electron chi connectivity index (χ3n) is 6.63. The van der Waals surface area contributed by atoms with E-state index in [-0.39, 0.29) is 5.91 Å². The Kier molecular flexibility index (Phi) is 5.00. The molecule has 0 aliphatic carbocycles. The van der Waals surface area contributed by atoms with Gasteiger partial charge in [-0.25, -0.2) is 0 Å². The number of carbonyl (C=O) groups excluding carboxylic acids is 1. The minimum Gasteiger partial charge on any atom is -0.398 e. The van der Waals surface area contributed by atoms with Gasteiger partial charge in [-0.2, -0.15) is 0 Å². The number of hydrogen-bond donors (Lipinski definition) is 2. The maximum atomic E-state index is 14.2. The topological polar surface area (TPSA) is 62.1 Å². The van der Waals surface area contributed by atoms with Gasteiger partial charge < -0.3 is 15.6 Å². The molecule has 0 saturated carbocycles. The fourth-order valence-electron chi connectivity index (χ4n) is 4.96. The molecule has 0 atom stereocenters. The van der Waals surface area contributed by atoms with Gasteiger partial charge in [0.2, 0.25) is 0 Å². The molecule has 35 heavy (non-hydrogen) atoms. The van der Waals surface area contributed by atoms with E-state index < -0.39 is 0 Å². The molecule has 4 aromatic carbocycles. The Hall–Kier alpha value is -4.57. The van der Waals surface area contributed by atoms with E-state index in [4.69, 9.17) is 5.73 Å². The highest BCUT2D eigenvalue weighted by atomic mass is 16.2. The van der Waals surface area contributed by atoms with Gasteiger partial charge in [0.05, 0.1) is 17.8 Å². The minimum absolute atomic E-state index is 0.0219. The van der Waals surface area contributed by atoms with Crippen molar-refractivity contribution in [1.29, 1.82) is 0 Å². The molecule has 1 aliphatic heterocycles. The van der Waals surface area contributed by atoms with E-state index in [9.17, 15) is 4.79 Å². The number of H-pyrrole nitrogens is 1. The summed E-state index contributed by atoms with van der Waals surface area (Å²) in [6, 6.07) is 34.3. The van der Waals surface area contributed by atoms with Crippen LogP contribution in [-0.4, -0.2) is 10.9 Å². The first kappa shape index (κ1) is 21.0. The predicted molar refractivity (Wildman–Crippen MR) is 144 cm³/mol. The normalized spacial score (nSPS) is 14.4. The van der Waals surface area contributed by atoms with Gasteiger partial charge in [-0.3, -0.25) is 4.79 Å². The quantitative estimate of drug-likeness (QED) is 0.238. The van der Waals surface area contributed by atoms with Crippen molar-refractivity contribution < 1.29 is 4.79 Å². The lowest BCUT2D eigenvalue weighted by atomic mass is 9.91. The molecule has 1 aliphatic rings. The van der Waals surface area contributed by atoms with E-state index in [2.05, 4.69) is 54.4 Å². The summed E-state index contributed by atoms with van der Waals surface area (Å²) < 4.78 is 0. The average molecular weight is 456 g/mol. The lowest BCUT2D eigenvalue weighted by Gasteiger charge is -2.18. The molecule has 0 bridgehead atoms. The largest absolute Gasteiger partial charge is 0.398 e. The van der Waals surface area contributed by atoms with Crippen molar-refractivity contribution in [1.82, 2.24) is 4.98 Å².